The second kappa shape index (κ2) is 5.89. The zero-order chi connectivity index (χ0) is 13.1. The molecule has 0 saturated heterocycles. The Balaban J connectivity index is 1.71. The van der Waals surface area contributed by atoms with Gasteiger partial charge in [-0.05, 0) is 54.3 Å². The fraction of sp³-hybridized carbons (Fsp3) is 0.412. The van der Waals surface area contributed by atoms with E-state index in [1.807, 2.05) is 11.3 Å². The molecule has 1 aromatic carbocycles. The largest absolute Gasteiger partial charge is 0.310 e. The van der Waals surface area contributed by atoms with Crippen LogP contribution in [0.1, 0.15) is 35.4 Å². The van der Waals surface area contributed by atoms with Crippen LogP contribution in [0.5, 0.6) is 0 Å². The van der Waals surface area contributed by atoms with Crippen molar-refractivity contribution in [1.82, 2.24) is 5.32 Å². The predicted molar refractivity (Wildman–Crippen MR) is 82.7 cm³/mol. The molecule has 0 saturated carbocycles. The van der Waals surface area contributed by atoms with Gasteiger partial charge in [-0.1, -0.05) is 37.3 Å². The van der Waals surface area contributed by atoms with Gasteiger partial charge < -0.3 is 5.32 Å². The van der Waals surface area contributed by atoms with Crippen molar-refractivity contribution in [2.45, 2.75) is 32.2 Å². The summed E-state index contributed by atoms with van der Waals surface area (Å²) >= 11 is 1.88. The first-order valence-corrected chi connectivity index (χ1v) is 8.10. The van der Waals surface area contributed by atoms with E-state index in [-0.39, 0.29) is 0 Å². The third-order valence-electron chi connectivity index (χ3n) is 4.11. The van der Waals surface area contributed by atoms with Crippen LogP contribution in [0.3, 0.4) is 0 Å². The van der Waals surface area contributed by atoms with Crippen LogP contribution in [0, 0.1) is 5.92 Å². The minimum atomic E-state index is 0.557. The Morgan fingerprint density at radius 3 is 2.89 bits per heavy atom. The second-order valence-corrected chi connectivity index (χ2v) is 6.35. The Bertz CT molecular complexity index is 518. The Morgan fingerprint density at radius 1 is 1.21 bits per heavy atom. The molecule has 0 radical (unpaired) electrons. The molecule has 0 spiro atoms. The maximum atomic E-state index is 3.68. The van der Waals surface area contributed by atoms with Crippen molar-refractivity contribution >= 4 is 11.3 Å². The fourth-order valence-electron chi connectivity index (χ4n) is 3.23. The lowest BCUT2D eigenvalue weighted by molar-refractivity contribution is 0.374. The van der Waals surface area contributed by atoms with Crippen molar-refractivity contribution in [1.29, 1.82) is 0 Å². The van der Waals surface area contributed by atoms with E-state index in [0.717, 1.165) is 12.5 Å². The molecule has 0 fully saturated rings. The molecule has 2 unspecified atom stereocenters. The molecular formula is C17H21NS. The topological polar surface area (TPSA) is 12.0 Å². The first-order valence-electron chi connectivity index (χ1n) is 7.22. The summed E-state index contributed by atoms with van der Waals surface area (Å²) in [4.78, 5) is 1.52. The summed E-state index contributed by atoms with van der Waals surface area (Å²) in [5.74, 6) is 0.749. The summed E-state index contributed by atoms with van der Waals surface area (Å²) in [5.41, 5.74) is 3.07. The normalized spacial score (nSPS) is 21.5. The van der Waals surface area contributed by atoms with Gasteiger partial charge in [-0.25, -0.2) is 0 Å². The van der Waals surface area contributed by atoms with Crippen molar-refractivity contribution in [2.75, 3.05) is 6.54 Å². The van der Waals surface area contributed by atoms with E-state index >= 15 is 0 Å². The number of hydrogen-bond donors (Lipinski definition) is 1. The van der Waals surface area contributed by atoms with Gasteiger partial charge in [0, 0.05) is 10.9 Å². The van der Waals surface area contributed by atoms with Crippen LogP contribution in [0.15, 0.2) is 41.8 Å². The monoisotopic (exact) mass is 271 g/mol. The summed E-state index contributed by atoms with van der Waals surface area (Å²) in [6.45, 7) is 3.26. The maximum absolute atomic E-state index is 3.68. The zero-order valence-electron chi connectivity index (χ0n) is 11.4. The molecular weight excluding hydrogens is 250 g/mol. The zero-order valence-corrected chi connectivity index (χ0v) is 12.2. The van der Waals surface area contributed by atoms with E-state index in [2.05, 4.69) is 54.0 Å². The van der Waals surface area contributed by atoms with Gasteiger partial charge in [0.2, 0.25) is 0 Å². The lowest BCUT2D eigenvalue weighted by Gasteiger charge is -2.21. The van der Waals surface area contributed by atoms with Crippen LogP contribution in [-0.4, -0.2) is 6.54 Å². The van der Waals surface area contributed by atoms with Crippen molar-refractivity contribution in [2.24, 2.45) is 5.92 Å². The molecule has 1 N–H and O–H groups in total. The maximum Gasteiger partial charge on any atom is 0.0354 e. The van der Waals surface area contributed by atoms with E-state index in [0.29, 0.717) is 6.04 Å². The SMILES string of the molecule is CCNC1c2ccccc2CC1CCc1cccs1. The second-order valence-electron chi connectivity index (χ2n) is 5.32. The van der Waals surface area contributed by atoms with Gasteiger partial charge in [-0.15, -0.1) is 11.3 Å². The molecule has 0 amide bonds. The van der Waals surface area contributed by atoms with Crippen LogP contribution in [0.2, 0.25) is 0 Å². The molecule has 1 heterocycles. The number of thiophene rings is 1. The van der Waals surface area contributed by atoms with Crippen LogP contribution < -0.4 is 5.32 Å². The molecule has 3 rings (SSSR count). The number of hydrogen-bond acceptors (Lipinski definition) is 2. The molecule has 0 aliphatic heterocycles. The van der Waals surface area contributed by atoms with Crippen molar-refractivity contribution < 1.29 is 0 Å². The molecule has 2 atom stereocenters. The number of aryl methyl sites for hydroxylation is 1. The molecule has 100 valence electrons. The predicted octanol–water partition coefficient (Wildman–Crippen LogP) is 4.20. The van der Waals surface area contributed by atoms with E-state index in [1.165, 1.54) is 29.7 Å². The smallest absolute Gasteiger partial charge is 0.0354 e. The standard InChI is InChI=1S/C17H21NS/c1-2-18-17-14(9-10-15-7-5-11-19-15)12-13-6-3-4-8-16(13)17/h3-8,11,14,17-18H,2,9-10,12H2,1H3. The number of fused-ring (bicyclic) bond motifs is 1. The van der Waals surface area contributed by atoms with Crippen LogP contribution >= 0.6 is 11.3 Å². The first kappa shape index (κ1) is 12.9. The van der Waals surface area contributed by atoms with Crippen molar-refractivity contribution in [3.63, 3.8) is 0 Å². The highest BCUT2D eigenvalue weighted by atomic mass is 32.1. The summed E-state index contributed by atoms with van der Waals surface area (Å²) in [7, 11) is 0. The Morgan fingerprint density at radius 2 is 2.11 bits per heavy atom. The van der Waals surface area contributed by atoms with Gasteiger partial charge in [-0.3, -0.25) is 0 Å². The number of benzene rings is 1. The highest BCUT2D eigenvalue weighted by Gasteiger charge is 2.30. The lowest BCUT2D eigenvalue weighted by Crippen LogP contribution is -2.25. The van der Waals surface area contributed by atoms with Gasteiger partial charge in [0.1, 0.15) is 0 Å². The van der Waals surface area contributed by atoms with Crippen LogP contribution in [-0.2, 0) is 12.8 Å². The van der Waals surface area contributed by atoms with E-state index < -0.39 is 0 Å². The van der Waals surface area contributed by atoms with Crippen molar-refractivity contribution in [3.05, 3.63) is 57.8 Å². The lowest BCUT2D eigenvalue weighted by atomic mass is 9.95. The quantitative estimate of drug-likeness (QED) is 0.859. The Labute approximate surface area is 119 Å². The van der Waals surface area contributed by atoms with Gasteiger partial charge in [0.15, 0.2) is 0 Å². The summed E-state index contributed by atoms with van der Waals surface area (Å²) < 4.78 is 0. The average molecular weight is 271 g/mol. The molecule has 1 aliphatic rings. The molecule has 2 aromatic rings. The third kappa shape index (κ3) is 2.75. The van der Waals surface area contributed by atoms with Crippen molar-refractivity contribution in [3.8, 4) is 0 Å². The minimum absolute atomic E-state index is 0.557. The fourth-order valence-corrected chi connectivity index (χ4v) is 3.95. The first-order chi connectivity index (χ1) is 9.38. The minimum Gasteiger partial charge on any atom is -0.310 e. The third-order valence-corrected chi connectivity index (χ3v) is 5.05. The van der Waals surface area contributed by atoms with Gasteiger partial charge in [-0.2, -0.15) is 0 Å². The average Bonchev–Trinajstić information content (AvgIpc) is 3.05. The number of nitrogens with one attached hydrogen (secondary N) is 1. The molecule has 1 aromatic heterocycles. The van der Waals surface area contributed by atoms with Gasteiger partial charge in [0.05, 0.1) is 0 Å². The van der Waals surface area contributed by atoms with E-state index in [9.17, 15) is 0 Å². The van der Waals surface area contributed by atoms with Crippen LogP contribution in [0.25, 0.3) is 0 Å². The summed E-state index contributed by atoms with van der Waals surface area (Å²) in [6, 6.07) is 13.9. The van der Waals surface area contributed by atoms with Gasteiger partial charge in [0.25, 0.3) is 0 Å². The molecule has 0 bridgehead atoms. The highest BCUT2D eigenvalue weighted by Crippen LogP contribution is 2.38. The van der Waals surface area contributed by atoms with Gasteiger partial charge >= 0.3 is 0 Å². The number of rotatable bonds is 5. The molecule has 2 heteroatoms. The van der Waals surface area contributed by atoms with Crippen LogP contribution in [0.4, 0.5) is 0 Å². The highest BCUT2D eigenvalue weighted by molar-refractivity contribution is 7.09. The van der Waals surface area contributed by atoms with E-state index in [4.69, 9.17) is 0 Å². The Hall–Kier alpha value is -1.12. The summed E-state index contributed by atoms with van der Waals surface area (Å²) in [5, 5.41) is 5.87. The Kier molecular flexibility index (Phi) is 4.00. The molecule has 1 aliphatic carbocycles. The van der Waals surface area contributed by atoms with E-state index in [1.54, 1.807) is 5.56 Å². The molecule has 19 heavy (non-hydrogen) atoms. The summed E-state index contributed by atoms with van der Waals surface area (Å²) in [6.07, 6.45) is 3.74. The molecule has 1 nitrogen and oxygen atoms in total.